The molecule has 0 saturated carbocycles. The van der Waals surface area contributed by atoms with E-state index in [1.54, 1.807) is 25.6 Å². The number of aromatic nitrogens is 2. The van der Waals surface area contributed by atoms with Crippen LogP contribution in [0, 0.1) is 19.3 Å². The molecule has 7 heteroatoms. The summed E-state index contributed by atoms with van der Waals surface area (Å²) in [6.07, 6.45) is 3.95. The first-order valence-electron chi connectivity index (χ1n) is 9.24. The average molecular weight is 371 g/mol. The van der Waals surface area contributed by atoms with Crippen LogP contribution in [0.4, 0.5) is 0 Å². The molecule has 0 aliphatic carbocycles. The largest absolute Gasteiger partial charge is 0.303 e. The highest BCUT2D eigenvalue weighted by Gasteiger charge is 2.28. The Hall–Kier alpha value is -0.920. The van der Waals surface area contributed by atoms with Crippen molar-refractivity contribution in [2.75, 3.05) is 19.6 Å². The summed E-state index contributed by atoms with van der Waals surface area (Å²) in [5, 5.41) is 4.24. The lowest BCUT2D eigenvalue weighted by Gasteiger charge is -2.25. The van der Waals surface area contributed by atoms with Crippen LogP contribution in [0.3, 0.4) is 0 Å². The Bertz CT molecular complexity index is 689. The van der Waals surface area contributed by atoms with Crippen molar-refractivity contribution in [1.82, 2.24) is 19.4 Å². The molecule has 1 aromatic heterocycles. The summed E-state index contributed by atoms with van der Waals surface area (Å²) in [4.78, 5) is 2.81. The van der Waals surface area contributed by atoms with Gasteiger partial charge in [0.15, 0.2) is 0 Å². The van der Waals surface area contributed by atoms with Crippen LogP contribution in [0.15, 0.2) is 4.90 Å². The molecular weight excluding hydrogens is 336 g/mol. The highest BCUT2D eigenvalue weighted by Crippen LogP contribution is 2.22. The van der Waals surface area contributed by atoms with Crippen LogP contribution in [0.2, 0.25) is 0 Å². The minimum absolute atomic E-state index is 0.00337. The second kappa shape index (κ2) is 7.76. The lowest BCUT2D eigenvalue weighted by atomic mass is 9.92. The molecular formula is C18H34N4O2S. The van der Waals surface area contributed by atoms with E-state index in [4.69, 9.17) is 0 Å². The van der Waals surface area contributed by atoms with E-state index >= 15 is 0 Å². The highest BCUT2D eigenvalue weighted by molar-refractivity contribution is 7.89. The van der Waals surface area contributed by atoms with Crippen molar-refractivity contribution in [3.8, 4) is 0 Å². The van der Waals surface area contributed by atoms with Crippen LogP contribution in [-0.4, -0.2) is 48.8 Å². The van der Waals surface area contributed by atoms with Gasteiger partial charge in [-0.3, -0.25) is 4.68 Å². The van der Waals surface area contributed by atoms with Crippen molar-refractivity contribution < 1.29 is 8.42 Å². The molecule has 2 rings (SSSR count). The van der Waals surface area contributed by atoms with Crippen LogP contribution >= 0.6 is 0 Å². The summed E-state index contributed by atoms with van der Waals surface area (Å²) < 4.78 is 30.2. The van der Waals surface area contributed by atoms with Gasteiger partial charge in [0.1, 0.15) is 4.90 Å². The molecule has 0 amide bonds. The second-order valence-corrected chi connectivity index (χ2v) is 10.2. The Balaban J connectivity index is 1.99. The molecule has 1 saturated heterocycles. The molecule has 1 fully saturated rings. The first-order chi connectivity index (χ1) is 11.5. The molecule has 1 aliphatic rings. The third-order valence-electron chi connectivity index (χ3n) is 5.03. The fourth-order valence-electron chi connectivity index (χ4n) is 3.41. The number of sulfonamides is 1. The molecule has 0 bridgehead atoms. The maximum absolute atomic E-state index is 12.8. The van der Waals surface area contributed by atoms with Crippen LogP contribution in [0.25, 0.3) is 0 Å². The van der Waals surface area contributed by atoms with E-state index in [0.717, 1.165) is 45.3 Å². The van der Waals surface area contributed by atoms with Crippen LogP contribution in [-0.2, 0) is 17.1 Å². The van der Waals surface area contributed by atoms with Gasteiger partial charge >= 0.3 is 0 Å². The molecule has 1 aliphatic heterocycles. The molecule has 144 valence electrons. The lowest BCUT2D eigenvalue weighted by molar-refractivity contribution is 0.233. The van der Waals surface area contributed by atoms with Crippen molar-refractivity contribution in [2.24, 2.45) is 12.5 Å². The maximum atomic E-state index is 12.8. The standard InChI is InChI=1S/C18H34N4O2S/c1-14-17(15(2)21(6)19-14)25(23,24)20-16-8-7-11-22(12-9-16)13-10-18(3,4)5/h16,20H,7-13H2,1-6H3/t16-/m1/s1. The van der Waals surface area contributed by atoms with Crippen molar-refractivity contribution >= 4 is 10.0 Å². The van der Waals surface area contributed by atoms with Gasteiger partial charge in [0.25, 0.3) is 0 Å². The van der Waals surface area contributed by atoms with Gasteiger partial charge in [-0.25, -0.2) is 13.1 Å². The minimum atomic E-state index is -3.52. The molecule has 25 heavy (non-hydrogen) atoms. The van der Waals surface area contributed by atoms with E-state index in [-0.39, 0.29) is 6.04 Å². The first-order valence-corrected chi connectivity index (χ1v) is 10.7. The van der Waals surface area contributed by atoms with Crippen molar-refractivity contribution in [2.45, 2.75) is 71.2 Å². The molecule has 0 unspecified atom stereocenters. The predicted molar refractivity (Wildman–Crippen MR) is 101 cm³/mol. The number of rotatable bonds is 5. The van der Waals surface area contributed by atoms with Gasteiger partial charge in [-0.1, -0.05) is 20.8 Å². The average Bonchev–Trinajstić information content (AvgIpc) is 2.63. The quantitative estimate of drug-likeness (QED) is 0.865. The van der Waals surface area contributed by atoms with E-state index in [0.29, 0.717) is 21.7 Å². The lowest BCUT2D eigenvalue weighted by Crippen LogP contribution is -2.36. The van der Waals surface area contributed by atoms with Gasteiger partial charge in [-0.15, -0.1) is 0 Å². The van der Waals surface area contributed by atoms with Crippen LogP contribution < -0.4 is 4.72 Å². The highest BCUT2D eigenvalue weighted by atomic mass is 32.2. The van der Waals surface area contributed by atoms with Gasteiger partial charge < -0.3 is 4.90 Å². The molecule has 1 aromatic rings. The maximum Gasteiger partial charge on any atom is 0.244 e. The number of aryl methyl sites for hydroxylation is 2. The Morgan fingerprint density at radius 2 is 1.88 bits per heavy atom. The molecule has 2 heterocycles. The molecule has 0 aromatic carbocycles. The normalized spacial score (nSPS) is 20.6. The minimum Gasteiger partial charge on any atom is -0.303 e. The molecule has 0 radical (unpaired) electrons. The van der Waals surface area contributed by atoms with Crippen molar-refractivity contribution in [3.05, 3.63) is 11.4 Å². The SMILES string of the molecule is Cc1nn(C)c(C)c1S(=O)(=O)N[C@@H]1CCCN(CCC(C)(C)C)CC1. The van der Waals surface area contributed by atoms with Gasteiger partial charge in [-0.05, 0) is 64.6 Å². The monoisotopic (exact) mass is 370 g/mol. The van der Waals surface area contributed by atoms with Gasteiger partial charge in [0.05, 0.1) is 11.4 Å². The zero-order valence-electron chi connectivity index (χ0n) is 16.6. The van der Waals surface area contributed by atoms with Gasteiger partial charge in [0, 0.05) is 13.1 Å². The van der Waals surface area contributed by atoms with E-state index in [9.17, 15) is 8.42 Å². The predicted octanol–water partition coefficient (Wildman–Crippen LogP) is 2.61. The number of hydrogen-bond acceptors (Lipinski definition) is 4. The van der Waals surface area contributed by atoms with E-state index in [2.05, 4.69) is 35.5 Å². The van der Waals surface area contributed by atoms with Crippen LogP contribution in [0.1, 0.15) is 57.8 Å². The van der Waals surface area contributed by atoms with Crippen molar-refractivity contribution in [1.29, 1.82) is 0 Å². The molecule has 0 spiro atoms. The van der Waals surface area contributed by atoms with E-state index < -0.39 is 10.0 Å². The van der Waals surface area contributed by atoms with Crippen LogP contribution in [0.5, 0.6) is 0 Å². The zero-order valence-corrected chi connectivity index (χ0v) is 17.4. The zero-order chi connectivity index (χ0) is 18.8. The summed E-state index contributed by atoms with van der Waals surface area (Å²) in [6.45, 7) is 13.4. The molecule has 1 atom stereocenters. The summed E-state index contributed by atoms with van der Waals surface area (Å²) in [5.74, 6) is 0. The third kappa shape index (κ3) is 5.53. The second-order valence-electron chi connectivity index (χ2n) is 8.52. The van der Waals surface area contributed by atoms with Gasteiger partial charge in [-0.2, -0.15) is 5.10 Å². The Morgan fingerprint density at radius 3 is 2.44 bits per heavy atom. The number of nitrogens with one attached hydrogen (secondary N) is 1. The summed E-state index contributed by atoms with van der Waals surface area (Å²) in [7, 11) is -1.74. The summed E-state index contributed by atoms with van der Waals surface area (Å²) in [6, 6.07) is 0.00337. The number of likely N-dealkylation sites (tertiary alicyclic amines) is 1. The summed E-state index contributed by atoms with van der Waals surface area (Å²) >= 11 is 0. The fraction of sp³-hybridized carbons (Fsp3) is 0.833. The molecule has 6 nitrogen and oxygen atoms in total. The summed E-state index contributed by atoms with van der Waals surface area (Å²) in [5.41, 5.74) is 1.58. The number of hydrogen-bond donors (Lipinski definition) is 1. The molecule has 1 N–H and O–H groups in total. The Morgan fingerprint density at radius 1 is 1.20 bits per heavy atom. The van der Waals surface area contributed by atoms with Crippen molar-refractivity contribution in [3.63, 3.8) is 0 Å². The Labute approximate surface area is 153 Å². The smallest absolute Gasteiger partial charge is 0.244 e. The third-order valence-corrected chi connectivity index (χ3v) is 6.80. The first kappa shape index (κ1) is 20.4. The Kier molecular flexibility index (Phi) is 6.33. The van der Waals surface area contributed by atoms with Gasteiger partial charge in [0.2, 0.25) is 10.0 Å². The number of nitrogens with zero attached hydrogens (tertiary/aromatic N) is 3. The van der Waals surface area contributed by atoms with E-state index in [1.165, 1.54) is 0 Å². The van der Waals surface area contributed by atoms with E-state index in [1.807, 2.05) is 0 Å². The fourth-order valence-corrected chi connectivity index (χ4v) is 5.16. The topological polar surface area (TPSA) is 67.2 Å².